The first-order chi connectivity index (χ1) is 12.9. The van der Waals surface area contributed by atoms with Gasteiger partial charge in [0.15, 0.2) is 5.41 Å². The Bertz CT molecular complexity index is 960. The van der Waals surface area contributed by atoms with Crippen LogP contribution in [0.1, 0.15) is 18.4 Å². The lowest BCUT2D eigenvalue weighted by molar-refractivity contribution is 0.212. The number of nitrogens with two attached hydrogens (primary N) is 1. The van der Waals surface area contributed by atoms with Gasteiger partial charge >= 0.3 is 0 Å². The van der Waals surface area contributed by atoms with Gasteiger partial charge in [-0.15, -0.1) is 0 Å². The van der Waals surface area contributed by atoms with Crippen LogP contribution in [0.5, 0.6) is 0 Å². The zero-order valence-electron chi connectivity index (χ0n) is 14.7. The van der Waals surface area contributed by atoms with Gasteiger partial charge in [-0.2, -0.15) is 15.8 Å². The molecule has 1 aromatic carbocycles. The van der Waals surface area contributed by atoms with Gasteiger partial charge in [0, 0.05) is 31.0 Å². The average Bonchev–Trinajstić information content (AvgIpc) is 2.67. The predicted octanol–water partition coefficient (Wildman–Crippen LogP) is 2.71. The summed E-state index contributed by atoms with van der Waals surface area (Å²) in [4.78, 5) is 2.07. The van der Waals surface area contributed by atoms with E-state index in [0.29, 0.717) is 25.2 Å². The maximum absolute atomic E-state index is 14.7. The molecule has 27 heavy (non-hydrogen) atoms. The van der Waals surface area contributed by atoms with Crippen LogP contribution >= 0.6 is 0 Å². The summed E-state index contributed by atoms with van der Waals surface area (Å²) in [6, 6.07) is 8.98. The van der Waals surface area contributed by atoms with Crippen molar-refractivity contribution in [2.24, 2.45) is 17.1 Å². The van der Waals surface area contributed by atoms with E-state index in [9.17, 15) is 24.6 Å². The van der Waals surface area contributed by atoms with Crippen LogP contribution in [-0.2, 0) is 0 Å². The molecule has 3 rings (SSSR count). The second kappa shape index (κ2) is 6.83. The molecule has 1 aromatic rings. The molecule has 0 radical (unpaired) electrons. The molecule has 0 bridgehead atoms. The molecule has 0 unspecified atom stereocenters. The number of nitriles is 3. The monoisotopic (exact) mass is 365 g/mol. The number of hydrogen-bond donors (Lipinski definition) is 1. The van der Waals surface area contributed by atoms with E-state index in [1.165, 1.54) is 6.07 Å². The first kappa shape index (κ1) is 18.6. The Balaban J connectivity index is 2.34. The Kier molecular flexibility index (Phi) is 4.70. The van der Waals surface area contributed by atoms with Crippen molar-refractivity contribution in [1.29, 1.82) is 15.8 Å². The molecular weight excluding hydrogens is 348 g/mol. The second-order valence-electron chi connectivity index (χ2n) is 6.69. The molecule has 2 N–H and O–H groups in total. The SMILES string of the molecule is CCN1CC=C2C(C#N)=C(N)C(C#N)(C#N)[C@H](c3ccc(F)cc3F)[C@@H]2C1. The fourth-order valence-electron chi connectivity index (χ4n) is 4.10. The highest BCUT2D eigenvalue weighted by atomic mass is 19.1. The van der Waals surface area contributed by atoms with Crippen molar-refractivity contribution in [3.8, 4) is 18.2 Å². The molecule has 0 spiro atoms. The second-order valence-corrected chi connectivity index (χ2v) is 6.69. The van der Waals surface area contributed by atoms with Crippen LogP contribution in [0.4, 0.5) is 8.78 Å². The van der Waals surface area contributed by atoms with Gasteiger partial charge in [-0.1, -0.05) is 19.1 Å². The summed E-state index contributed by atoms with van der Waals surface area (Å²) in [5.41, 5.74) is 4.83. The Labute approximate surface area is 156 Å². The van der Waals surface area contributed by atoms with E-state index in [4.69, 9.17) is 5.73 Å². The maximum atomic E-state index is 14.7. The number of hydrogen-bond acceptors (Lipinski definition) is 5. The molecule has 1 heterocycles. The minimum Gasteiger partial charge on any atom is -0.399 e. The number of halogens is 2. The lowest BCUT2D eigenvalue weighted by atomic mass is 9.58. The number of rotatable bonds is 2. The normalized spacial score (nSPS) is 24.2. The van der Waals surface area contributed by atoms with Crippen LogP contribution in [0.15, 0.2) is 41.1 Å². The number of fused-ring (bicyclic) bond motifs is 1. The Morgan fingerprint density at radius 3 is 2.52 bits per heavy atom. The fraction of sp³-hybridized carbons (Fsp3) is 0.350. The number of allylic oxidation sites excluding steroid dienone is 2. The molecule has 0 amide bonds. The molecule has 0 saturated carbocycles. The summed E-state index contributed by atoms with van der Waals surface area (Å²) in [5, 5.41) is 29.4. The van der Waals surface area contributed by atoms with E-state index in [2.05, 4.69) is 4.90 Å². The standard InChI is InChI=1S/C20H17F2N5/c1-2-27-6-5-13-15(8-23)19(26)20(10-24,11-25)18(16(13)9-27)14-4-3-12(21)7-17(14)22/h3-5,7,16,18H,2,6,9,26H2,1H3/t16-,18-/m1/s1. The molecule has 0 aromatic heterocycles. The lowest BCUT2D eigenvalue weighted by Gasteiger charge is -2.45. The van der Waals surface area contributed by atoms with Gasteiger partial charge in [0.05, 0.1) is 23.4 Å². The first-order valence-corrected chi connectivity index (χ1v) is 8.54. The number of benzene rings is 1. The molecule has 2 atom stereocenters. The molecule has 7 heteroatoms. The van der Waals surface area contributed by atoms with Crippen molar-refractivity contribution in [3.63, 3.8) is 0 Å². The summed E-state index contributed by atoms with van der Waals surface area (Å²) in [5.74, 6) is -3.02. The molecule has 1 aliphatic carbocycles. The highest BCUT2D eigenvalue weighted by molar-refractivity contribution is 5.59. The Morgan fingerprint density at radius 1 is 1.26 bits per heavy atom. The smallest absolute Gasteiger partial charge is 0.191 e. The van der Waals surface area contributed by atoms with Crippen LogP contribution in [0, 0.1) is 57.0 Å². The summed E-state index contributed by atoms with van der Waals surface area (Å²) < 4.78 is 28.1. The molecule has 136 valence electrons. The van der Waals surface area contributed by atoms with Crippen molar-refractivity contribution in [2.75, 3.05) is 19.6 Å². The van der Waals surface area contributed by atoms with Gasteiger partial charge in [-0.3, -0.25) is 4.90 Å². The zero-order valence-corrected chi connectivity index (χ0v) is 14.7. The van der Waals surface area contributed by atoms with Crippen molar-refractivity contribution in [1.82, 2.24) is 4.90 Å². The van der Waals surface area contributed by atoms with E-state index in [1.807, 2.05) is 31.2 Å². The van der Waals surface area contributed by atoms with Crippen molar-refractivity contribution in [3.05, 3.63) is 58.3 Å². The minimum absolute atomic E-state index is 0.0493. The highest BCUT2D eigenvalue weighted by Gasteiger charge is 2.55. The minimum atomic E-state index is -1.91. The average molecular weight is 365 g/mol. The summed E-state index contributed by atoms with van der Waals surface area (Å²) in [6.45, 7) is 3.71. The van der Waals surface area contributed by atoms with Crippen LogP contribution < -0.4 is 5.73 Å². The van der Waals surface area contributed by atoms with Gasteiger partial charge in [0.1, 0.15) is 17.7 Å². The van der Waals surface area contributed by atoms with Gasteiger partial charge in [-0.05, 0) is 23.7 Å². The summed E-state index contributed by atoms with van der Waals surface area (Å²) in [7, 11) is 0. The Hall–Kier alpha value is -3.21. The quantitative estimate of drug-likeness (QED) is 0.868. The van der Waals surface area contributed by atoms with Crippen LogP contribution in [-0.4, -0.2) is 24.5 Å². The van der Waals surface area contributed by atoms with Gasteiger partial charge in [-0.25, -0.2) is 8.78 Å². The van der Waals surface area contributed by atoms with E-state index in [1.54, 1.807) is 0 Å². The third-order valence-electron chi connectivity index (χ3n) is 5.48. The van der Waals surface area contributed by atoms with Crippen molar-refractivity contribution >= 4 is 0 Å². The van der Waals surface area contributed by atoms with Crippen molar-refractivity contribution in [2.45, 2.75) is 12.8 Å². The van der Waals surface area contributed by atoms with Gasteiger partial charge in [0.25, 0.3) is 0 Å². The Morgan fingerprint density at radius 2 is 1.96 bits per heavy atom. The van der Waals surface area contributed by atoms with E-state index in [-0.39, 0.29) is 16.8 Å². The molecule has 2 aliphatic rings. The lowest BCUT2D eigenvalue weighted by Crippen LogP contribution is -2.48. The summed E-state index contributed by atoms with van der Waals surface area (Å²) in [6.07, 6.45) is 1.84. The molecular formula is C20H17F2N5. The molecule has 5 nitrogen and oxygen atoms in total. The van der Waals surface area contributed by atoms with E-state index in [0.717, 1.165) is 12.1 Å². The third kappa shape index (κ3) is 2.67. The first-order valence-electron chi connectivity index (χ1n) is 8.54. The molecule has 0 fully saturated rings. The van der Waals surface area contributed by atoms with E-state index < -0.39 is 28.9 Å². The number of likely N-dealkylation sites (N-methyl/N-ethyl adjacent to an activating group) is 1. The fourth-order valence-corrected chi connectivity index (χ4v) is 4.10. The summed E-state index contributed by atoms with van der Waals surface area (Å²) >= 11 is 0. The topological polar surface area (TPSA) is 101 Å². The van der Waals surface area contributed by atoms with Crippen LogP contribution in [0.3, 0.4) is 0 Å². The van der Waals surface area contributed by atoms with E-state index >= 15 is 0 Å². The van der Waals surface area contributed by atoms with Crippen LogP contribution in [0.2, 0.25) is 0 Å². The van der Waals surface area contributed by atoms with Gasteiger partial charge in [0.2, 0.25) is 0 Å². The third-order valence-corrected chi connectivity index (χ3v) is 5.48. The number of nitrogens with zero attached hydrogens (tertiary/aromatic N) is 4. The largest absolute Gasteiger partial charge is 0.399 e. The predicted molar refractivity (Wildman–Crippen MR) is 93.3 cm³/mol. The highest BCUT2D eigenvalue weighted by Crippen LogP contribution is 2.54. The zero-order chi connectivity index (χ0) is 19.8. The van der Waals surface area contributed by atoms with Crippen molar-refractivity contribution < 1.29 is 8.78 Å². The molecule has 1 aliphatic heterocycles. The molecule has 0 saturated heterocycles. The van der Waals surface area contributed by atoms with Gasteiger partial charge < -0.3 is 5.73 Å². The van der Waals surface area contributed by atoms with Crippen LogP contribution in [0.25, 0.3) is 0 Å². The maximum Gasteiger partial charge on any atom is 0.191 e.